The number of alkyl halides is 2. The average molecular weight is 482 g/mol. The second-order valence-electron chi connectivity index (χ2n) is 8.33. The number of unbranched alkanes of at least 4 members (excludes halogenated alkanes) is 16. The Morgan fingerprint density at radius 2 is 0.645 bits per heavy atom. The molecule has 0 heterocycles. The highest BCUT2D eigenvalue weighted by Crippen LogP contribution is 2.14. The molecule has 0 saturated heterocycles. The van der Waals surface area contributed by atoms with E-state index in [4.69, 9.17) is 32.7 Å². The summed E-state index contributed by atoms with van der Waals surface area (Å²) < 4.78 is 10.2. The van der Waals surface area contributed by atoms with Crippen molar-refractivity contribution in [1.29, 1.82) is 0 Å². The highest BCUT2D eigenvalue weighted by atomic mass is 35.5. The largest absolute Gasteiger partial charge is 0.466 e. The molecule has 0 aliphatic carbocycles. The molecule has 0 aromatic carbocycles. The smallest absolute Gasteiger partial charge is 0.306 e. The van der Waals surface area contributed by atoms with E-state index >= 15 is 0 Å². The number of carbonyl (C=O) groups excluding carboxylic acids is 2. The van der Waals surface area contributed by atoms with Crippen molar-refractivity contribution in [2.45, 2.75) is 122 Å². The van der Waals surface area contributed by atoms with E-state index in [0.29, 0.717) is 37.8 Å². The number of hydrogen-bond donors (Lipinski definition) is 0. The summed E-state index contributed by atoms with van der Waals surface area (Å²) in [5, 5.41) is 0. The molecule has 0 aromatic rings. The highest BCUT2D eigenvalue weighted by molar-refractivity contribution is 6.19. The fraction of sp³-hybridized carbons (Fsp3) is 0.920. The van der Waals surface area contributed by atoms with E-state index in [1.807, 2.05) is 0 Å². The molecule has 0 aromatic heterocycles. The molecular weight excluding hydrogens is 435 g/mol. The van der Waals surface area contributed by atoms with E-state index in [-0.39, 0.29) is 11.9 Å². The van der Waals surface area contributed by atoms with Crippen LogP contribution in [0.15, 0.2) is 0 Å². The summed E-state index contributed by atoms with van der Waals surface area (Å²) in [5.41, 5.74) is 0. The van der Waals surface area contributed by atoms with Gasteiger partial charge in [0, 0.05) is 11.8 Å². The third kappa shape index (κ3) is 25.7. The number of rotatable bonds is 24. The van der Waals surface area contributed by atoms with Gasteiger partial charge in [-0.05, 0) is 12.8 Å². The second-order valence-corrected chi connectivity index (χ2v) is 9.09. The van der Waals surface area contributed by atoms with E-state index in [0.717, 1.165) is 25.7 Å². The van der Waals surface area contributed by atoms with Crippen LogP contribution < -0.4 is 0 Å². The summed E-state index contributed by atoms with van der Waals surface area (Å²) >= 11 is 11.0. The van der Waals surface area contributed by atoms with E-state index in [1.165, 1.54) is 83.5 Å². The molecule has 0 rings (SSSR count). The van der Waals surface area contributed by atoms with Crippen molar-refractivity contribution in [3.8, 4) is 0 Å². The first-order chi connectivity index (χ1) is 15.2. The first-order valence-electron chi connectivity index (χ1n) is 12.6. The minimum atomic E-state index is -0.176. The molecule has 4 nitrogen and oxygen atoms in total. The van der Waals surface area contributed by atoms with Crippen molar-refractivity contribution in [2.75, 3.05) is 25.0 Å². The maximum atomic E-state index is 11.1. The van der Waals surface area contributed by atoms with Crippen LogP contribution in [-0.2, 0) is 19.1 Å². The first-order valence-corrected chi connectivity index (χ1v) is 13.7. The molecule has 184 valence electrons. The molecule has 0 spiro atoms. The van der Waals surface area contributed by atoms with Crippen LogP contribution in [0.25, 0.3) is 0 Å². The van der Waals surface area contributed by atoms with Crippen molar-refractivity contribution in [1.82, 2.24) is 0 Å². The molecular formula is C25H46Cl2O4. The summed E-state index contributed by atoms with van der Waals surface area (Å²) in [7, 11) is 0. The van der Waals surface area contributed by atoms with Crippen LogP contribution in [0, 0.1) is 0 Å². The summed E-state index contributed by atoms with van der Waals surface area (Å²) in [6.07, 6.45) is 22.2. The van der Waals surface area contributed by atoms with Gasteiger partial charge in [-0.3, -0.25) is 9.59 Å². The van der Waals surface area contributed by atoms with Crippen LogP contribution in [0.1, 0.15) is 122 Å². The molecule has 0 radical (unpaired) electrons. The molecule has 0 bridgehead atoms. The van der Waals surface area contributed by atoms with Crippen molar-refractivity contribution < 1.29 is 19.1 Å². The van der Waals surface area contributed by atoms with Crippen molar-refractivity contribution in [3.05, 3.63) is 0 Å². The summed E-state index contributed by atoms with van der Waals surface area (Å²) in [6.45, 7) is 1.09. The van der Waals surface area contributed by atoms with Crippen LogP contribution in [0.4, 0.5) is 0 Å². The Balaban J connectivity index is 3.08. The van der Waals surface area contributed by atoms with Gasteiger partial charge in [0.25, 0.3) is 0 Å². The van der Waals surface area contributed by atoms with Gasteiger partial charge in [0.2, 0.25) is 0 Å². The van der Waals surface area contributed by atoms with Gasteiger partial charge in [-0.1, -0.05) is 96.3 Å². The van der Waals surface area contributed by atoms with Crippen molar-refractivity contribution in [2.24, 2.45) is 0 Å². The topological polar surface area (TPSA) is 52.6 Å². The summed E-state index contributed by atoms with van der Waals surface area (Å²) in [6, 6.07) is 0. The predicted molar refractivity (Wildman–Crippen MR) is 131 cm³/mol. The van der Waals surface area contributed by atoms with Crippen LogP contribution >= 0.6 is 23.2 Å². The SMILES string of the molecule is O=C(CCCl)OCCCCCCCCCCCCCCCCCCCOC(=O)CCCl. The van der Waals surface area contributed by atoms with Gasteiger partial charge in [0.05, 0.1) is 26.1 Å². The Hall–Kier alpha value is -0.480. The minimum absolute atomic E-state index is 0.176. The third-order valence-electron chi connectivity index (χ3n) is 5.41. The van der Waals surface area contributed by atoms with Crippen LogP contribution in [0.5, 0.6) is 0 Å². The molecule has 0 saturated carbocycles. The molecule has 0 N–H and O–H groups in total. The van der Waals surface area contributed by atoms with Crippen LogP contribution in [0.2, 0.25) is 0 Å². The minimum Gasteiger partial charge on any atom is -0.466 e. The molecule has 0 fully saturated rings. The zero-order valence-electron chi connectivity index (χ0n) is 19.7. The second kappa shape index (κ2) is 25.8. The molecule has 0 atom stereocenters. The lowest BCUT2D eigenvalue weighted by Crippen LogP contribution is -2.06. The van der Waals surface area contributed by atoms with Gasteiger partial charge in [0.1, 0.15) is 0 Å². The average Bonchev–Trinajstić information content (AvgIpc) is 2.75. The lowest BCUT2D eigenvalue weighted by Gasteiger charge is -2.05. The Kier molecular flexibility index (Phi) is 25.4. The summed E-state index contributed by atoms with van der Waals surface area (Å²) in [4.78, 5) is 22.3. The summed E-state index contributed by atoms with van der Waals surface area (Å²) in [5.74, 6) is 0.338. The normalized spacial score (nSPS) is 10.9. The number of halogens is 2. The Labute approximate surface area is 201 Å². The van der Waals surface area contributed by atoms with E-state index in [2.05, 4.69) is 0 Å². The quantitative estimate of drug-likeness (QED) is 0.0797. The predicted octanol–water partition coefficient (Wildman–Crippen LogP) is 7.96. The van der Waals surface area contributed by atoms with Crippen molar-refractivity contribution in [3.63, 3.8) is 0 Å². The number of esters is 2. The standard InChI is InChI=1S/C25H46Cl2O4/c26-20-18-24(28)30-22-16-14-12-10-8-6-4-2-1-3-5-7-9-11-13-15-17-23-31-25(29)19-21-27/h1-23H2. The maximum absolute atomic E-state index is 11.1. The van der Waals surface area contributed by atoms with Crippen molar-refractivity contribution >= 4 is 35.1 Å². The maximum Gasteiger partial charge on any atom is 0.306 e. The Morgan fingerprint density at radius 1 is 0.419 bits per heavy atom. The highest BCUT2D eigenvalue weighted by Gasteiger charge is 2.01. The zero-order valence-corrected chi connectivity index (χ0v) is 21.2. The Bertz CT molecular complexity index is 369. The fourth-order valence-corrected chi connectivity index (χ4v) is 3.84. The third-order valence-corrected chi connectivity index (χ3v) is 5.79. The fourth-order valence-electron chi connectivity index (χ4n) is 3.53. The number of carbonyl (C=O) groups is 2. The van der Waals surface area contributed by atoms with Crippen LogP contribution in [-0.4, -0.2) is 36.9 Å². The molecule has 6 heteroatoms. The van der Waals surface area contributed by atoms with Gasteiger partial charge >= 0.3 is 11.9 Å². The molecule has 31 heavy (non-hydrogen) atoms. The molecule has 0 unspecified atom stereocenters. The van der Waals surface area contributed by atoms with Gasteiger partial charge in [-0.25, -0.2) is 0 Å². The Morgan fingerprint density at radius 3 is 0.871 bits per heavy atom. The van der Waals surface area contributed by atoms with E-state index in [9.17, 15) is 9.59 Å². The number of hydrogen-bond acceptors (Lipinski definition) is 4. The monoisotopic (exact) mass is 480 g/mol. The number of ether oxygens (including phenoxy) is 2. The molecule has 0 amide bonds. The molecule has 0 aliphatic heterocycles. The zero-order chi connectivity index (χ0) is 22.8. The first kappa shape index (κ1) is 30.5. The van der Waals surface area contributed by atoms with Crippen LogP contribution in [0.3, 0.4) is 0 Å². The van der Waals surface area contributed by atoms with Gasteiger partial charge < -0.3 is 9.47 Å². The van der Waals surface area contributed by atoms with Gasteiger partial charge in [-0.15, -0.1) is 23.2 Å². The van der Waals surface area contributed by atoms with Gasteiger partial charge in [0.15, 0.2) is 0 Å². The molecule has 0 aliphatic rings. The lowest BCUT2D eigenvalue weighted by molar-refractivity contribution is -0.144. The lowest BCUT2D eigenvalue weighted by atomic mass is 10.0. The van der Waals surface area contributed by atoms with Gasteiger partial charge in [-0.2, -0.15) is 0 Å². The van der Waals surface area contributed by atoms with E-state index < -0.39 is 0 Å². The van der Waals surface area contributed by atoms with E-state index in [1.54, 1.807) is 0 Å².